The number of H-pyrrole nitrogens is 1. The van der Waals surface area contributed by atoms with E-state index in [1.807, 2.05) is 0 Å². The highest BCUT2D eigenvalue weighted by atomic mass is 32.1. The fourth-order valence-electron chi connectivity index (χ4n) is 2.35. The van der Waals surface area contributed by atoms with Gasteiger partial charge >= 0.3 is 7.82 Å². The number of nitrogens with one attached hydrogen (secondary N) is 3. The van der Waals surface area contributed by atoms with Gasteiger partial charge in [0.25, 0.3) is 5.56 Å². The Morgan fingerprint density at radius 2 is 2.04 bits per heavy atom. The lowest BCUT2D eigenvalue weighted by atomic mass is 10.1. The number of anilines is 3. The van der Waals surface area contributed by atoms with Crippen molar-refractivity contribution in [3.63, 3.8) is 0 Å². The molecule has 0 fully saturated rings. The van der Waals surface area contributed by atoms with Gasteiger partial charge in [-0.1, -0.05) is 0 Å². The van der Waals surface area contributed by atoms with Crippen LogP contribution in [0.5, 0.6) is 0 Å². The van der Waals surface area contributed by atoms with Crippen LogP contribution in [0.1, 0.15) is 0 Å². The third-order valence-corrected chi connectivity index (χ3v) is 5.10. The normalized spacial score (nSPS) is 26.2. The molecule has 0 aliphatic carbocycles. The molecule has 3 heterocycles. The van der Waals surface area contributed by atoms with Gasteiger partial charge in [0.1, 0.15) is 17.8 Å². The van der Waals surface area contributed by atoms with Crippen LogP contribution in [-0.2, 0) is 13.8 Å². The summed E-state index contributed by atoms with van der Waals surface area (Å²) in [6, 6.07) is -0.550. The van der Waals surface area contributed by atoms with Gasteiger partial charge in [-0.3, -0.25) is 14.3 Å². The van der Waals surface area contributed by atoms with Gasteiger partial charge in [0.15, 0.2) is 12.0 Å². The minimum absolute atomic E-state index is 0.0692. The number of phosphoric ester groups is 1. The van der Waals surface area contributed by atoms with Crippen molar-refractivity contribution in [3.8, 4) is 0 Å². The van der Waals surface area contributed by atoms with Crippen molar-refractivity contribution in [2.24, 2.45) is 0 Å². The van der Waals surface area contributed by atoms with Crippen LogP contribution in [0.3, 0.4) is 0 Å². The molecule has 0 radical (unpaired) electrons. The van der Waals surface area contributed by atoms with Gasteiger partial charge in [-0.2, -0.15) is 4.98 Å². The monoisotopic (exact) mass is 395 g/mol. The largest absolute Gasteiger partial charge is 0.469 e. The highest BCUT2D eigenvalue weighted by Crippen LogP contribution is 2.40. The average molecular weight is 395 g/mol. The molecular formula is C10H14N5O6PS2. The van der Waals surface area contributed by atoms with Gasteiger partial charge in [-0.05, 0) is 0 Å². The molecule has 0 bridgehead atoms. The number of nitrogens with two attached hydrogens (primary N) is 1. The number of hydrogen-bond donors (Lipinski definition) is 8. The summed E-state index contributed by atoms with van der Waals surface area (Å²) in [5.74, 6) is 0.121. The second kappa shape index (κ2) is 6.26. The number of ether oxygens (including phenoxy) is 1. The number of thiol groups is 2. The number of phosphoric acid groups is 1. The van der Waals surface area contributed by atoms with E-state index in [1.54, 1.807) is 0 Å². The summed E-state index contributed by atoms with van der Waals surface area (Å²) in [7, 11) is -4.65. The van der Waals surface area contributed by atoms with Gasteiger partial charge in [-0.25, -0.2) is 4.57 Å². The molecule has 0 aromatic carbocycles. The summed E-state index contributed by atoms with van der Waals surface area (Å²) < 4.78 is 21.0. The van der Waals surface area contributed by atoms with Gasteiger partial charge in [0.2, 0.25) is 5.95 Å². The van der Waals surface area contributed by atoms with Gasteiger partial charge in [-0.15, -0.1) is 25.3 Å². The Balaban J connectivity index is 1.88. The maximum Gasteiger partial charge on any atom is 0.469 e. The molecule has 0 spiro atoms. The SMILES string of the molecule is Nc1nc2c(c(=O)[nH]1)N[C@@H]1C(S)=C(S)[C@@H](COP(=O)(O)O)O[C@H]1N2. The van der Waals surface area contributed by atoms with E-state index < -0.39 is 38.4 Å². The zero-order chi connectivity index (χ0) is 17.6. The van der Waals surface area contributed by atoms with Crippen molar-refractivity contribution < 1.29 is 23.6 Å². The summed E-state index contributed by atoms with van der Waals surface area (Å²) in [5, 5.41) is 5.84. The van der Waals surface area contributed by atoms with E-state index >= 15 is 0 Å². The van der Waals surface area contributed by atoms with Gasteiger partial charge < -0.3 is 30.9 Å². The first-order valence-electron chi connectivity index (χ1n) is 6.56. The van der Waals surface area contributed by atoms with E-state index in [1.165, 1.54) is 0 Å². The number of aromatic amines is 1. The molecule has 2 aliphatic rings. The third kappa shape index (κ3) is 3.42. The topological polar surface area (TPSA) is 172 Å². The molecule has 24 heavy (non-hydrogen) atoms. The number of nitrogens with zero attached hydrogens (tertiary/aromatic N) is 1. The van der Waals surface area contributed by atoms with Crippen LogP contribution in [0.15, 0.2) is 14.6 Å². The fraction of sp³-hybridized carbons (Fsp3) is 0.400. The summed E-state index contributed by atoms with van der Waals surface area (Å²) in [6.07, 6.45) is -1.58. The maximum absolute atomic E-state index is 11.9. The molecule has 2 aliphatic heterocycles. The quantitative estimate of drug-likeness (QED) is 0.245. The number of fused-ring (bicyclic) bond motifs is 2. The van der Waals surface area contributed by atoms with Crippen LogP contribution in [0.4, 0.5) is 17.5 Å². The number of nitrogen functional groups attached to an aromatic ring is 1. The van der Waals surface area contributed by atoms with Crippen LogP contribution < -0.4 is 21.9 Å². The van der Waals surface area contributed by atoms with Crippen molar-refractivity contribution >= 4 is 50.5 Å². The Labute approximate surface area is 146 Å². The molecule has 0 saturated carbocycles. The molecule has 7 N–H and O–H groups in total. The van der Waals surface area contributed by atoms with Crippen molar-refractivity contribution in [2.75, 3.05) is 23.0 Å². The maximum atomic E-state index is 11.9. The van der Waals surface area contributed by atoms with Crippen LogP contribution in [0, 0.1) is 0 Å². The van der Waals surface area contributed by atoms with Crippen molar-refractivity contribution in [3.05, 3.63) is 20.2 Å². The Morgan fingerprint density at radius 1 is 1.33 bits per heavy atom. The van der Waals surface area contributed by atoms with Gasteiger partial charge in [0.05, 0.1) is 6.61 Å². The molecule has 3 rings (SSSR count). The number of hydrogen-bond acceptors (Lipinski definition) is 10. The molecule has 1 aromatic rings. The first-order chi connectivity index (χ1) is 11.2. The highest BCUT2D eigenvalue weighted by Gasteiger charge is 2.40. The molecule has 0 amide bonds. The van der Waals surface area contributed by atoms with E-state index in [-0.39, 0.29) is 17.5 Å². The van der Waals surface area contributed by atoms with E-state index in [2.05, 4.69) is 50.4 Å². The molecule has 0 saturated heterocycles. The predicted octanol–water partition coefficient (Wildman–Crippen LogP) is -0.537. The second-order valence-corrected chi connectivity index (χ2v) is 7.25. The van der Waals surface area contributed by atoms with E-state index in [0.717, 1.165) is 0 Å². The zero-order valence-corrected chi connectivity index (χ0v) is 14.5. The van der Waals surface area contributed by atoms with Gasteiger partial charge in [0, 0.05) is 9.81 Å². The summed E-state index contributed by atoms with van der Waals surface area (Å²) >= 11 is 8.63. The summed E-state index contributed by atoms with van der Waals surface area (Å²) in [4.78, 5) is 36.7. The zero-order valence-electron chi connectivity index (χ0n) is 11.8. The molecule has 0 unspecified atom stereocenters. The molecule has 132 valence electrons. The lowest BCUT2D eigenvalue weighted by molar-refractivity contribution is -0.0153. The van der Waals surface area contributed by atoms with E-state index in [4.69, 9.17) is 20.3 Å². The Morgan fingerprint density at radius 3 is 2.71 bits per heavy atom. The van der Waals surface area contributed by atoms with Crippen LogP contribution in [0.2, 0.25) is 0 Å². The van der Waals surface area contributed by atoms with Crippen molar-refractivity contribution in [2.45, 2.75) is 18.4 Å². The Kier molecular flexibility index (Phi) is 4.59. The Bertz CT molecular complexity index is 809. The van der Waals surface area contributed by atoms with E-state index in [9.17, 15) is 9.36 Å². The fourth-order valence-corrected chi connectivity index (χ4v) is 3.30. The average Bonchev–Trinajstić information content (AvgIpc) is 2.47. The number of rotatable bonds is 3. The molecular weight excluding hydrogens is 381 g/mol. The third-order valence-electron chi connectivity index (χ3n) is 3.39. The van der Waals surface area contributed by atoms with Crippen LogP contribution >= 0.6 is 33.1 Å². The first kappa shape index (κ1) is 17.6. The van der Waals surface area contributed by atoms with Crippen LogP contribution in [0.25, 0.3) is 0 Å². The molecule has 11 nitrogen and oxygen atoms in total. The molecule has 1 aromatic heterocycles. The minimum Gasteiger partial charge on any atom is -0.369 e. The summed E-state index contributed by atoms with van der Waals surface area (Å²) in [5.41, 5.74) is 5.22. The Hall–Kier alpha value is -1.21. The number of aromatic nitrogens is 2. The van der Waals surface area contributed by atoms with Crippen LogP contribution in [-0.4, -0.2) is 44.7 Å². The molecule has 3 atom stereocenters. The standard InChI is InChI=1S/C10H14N5O6PS2/c11-10-14-7-4(8(16)15-10)12-3-6(24)5(23)2(21-9(3)13-7)1-20-22(17,18)19/h2-3,9,12,23-24H,1H2,(H2,17,18,19)(H4,11,13,14,15,16)/t2-,3-,9-/m1/s1. The van der Waals surface area contributed by atoms with Crippen molar-refractivity contribution in [1.82, 2.24) is 9.97 Å². The minimum atomic E-state index is -4.65. The predicted molar refractivity (Wildman–Crippen MR) is 92.0 cm³/mol. The smallest absolute Gasteiger partial charge is 0.369 e. The molecule has 14 heteroatoms. The summed E-state index contributed by atoms with van der Waals surface area (Å²) in [6.45, 7) is -0.421. The highest BCUT2D eigenvalue weighted by molar-refractivity contribution is 7.88. The lowest BCUT2D eigenvalue weighted by Gasteiger charge is -2.41. The van der Waals surface area contributed by atoms with E-state index in [0.29, 0.717) is 9.81 Å². The lowest BCUT2D eigenvalue weighted by Crippen LogP contribution is -2.52. The first-order valence-corrected chi connectivity index (χ1v) is 8.98. The van der Waals surface area contributed by atoms with Crippen molar-refractivity contribution in [1.29, 1.82) is 0 Å². The second-order valence-electron chi connectivity index (χ2n) is 5.04.